The average molecular weight is 689 g/mol. The molecule has 48 heavy (non-hydrogen) atoms. The van der Waals surface area contributed by atoms with Gasteiger partial charge in [-0.2, -0.15) is 8.78 Å². The molecule has 2 aliphatic heterocycles. The summed E-state index contributed by atoms with van der Waals surface area (Å²) in [5.74, 6) is -9.47. The van der Waals surface area contributed by atoms with Gasteiger partial charge in [0.15, 0.2) is 17.5 Å². The summed E-state index contributed by atoms with van der Waals surface area (Å²) in [6.07, 6.45) is 1.58. The van der Waals surface area contributed by atoms with Crippen LogP contribution >= 0.6 is 11.6 Å². The molecule has 17 heteroatoms. The minimum absolute atomic E-state index is 0.00504. The van der Waals surface area contributed by atoms with E-state index in [9.17, 15) is 36.3 Å². The van der Waals surface area contributed by atoms with Gasteiger partial charge in [0, 0.05) is 41.5 Å². The Labute approximate surface area is 274 Å². The van der Waals surface area contributed by atoms with Crippen LogP contribution in [0.5, 0.6) is 0 Å². The Bertz CT molecular complexity index is 1950. The molecule has 0 radical (unpaired) electrons. The van der Waals surface area contributed by atoms with Gasteiger partial charge in [-0.25, -0.2) is 22.9 Å². The van der Waals surface area contributed by atoms with Crippen molar-refractivity contribution in [2.45, 2.75) is 31.6 Å². The number of benzene rings is 2. The molecule has 0 saturated carbocycles. The first-order valence-electron chi connectivity index (χ1n) is 14.4. The fourth-order valence-electron chi connectivity index (χ4n) is 5.57. The Kier molecular flexibility index (Phi) is 8.55. The summed E-state index contributed by atoms with van der Waals surface area (Å²) in [6.45, 7) is -1.10. The number of imidazole rings is 1. The Hall–Kier alpha value is -5.09. The second-order valence-corrected chi connectivity index (χ2v) is 11.9. The minimum Gasteiger partial charge on any atom is -0.345 e. The molecule has 4 aromatic rings. The van der Waals surface area contributed by atoms with E-state index in [4.69, 9.17) is 11.6 Å². The van der Waals surface area contributed by atoms with E-state index in [1.54, 1.807) is 18.3 Å². The lowest BCUT2D eigenvalue weighted by atomic mass is 10.0. The summed E-state index contributed by atoms with van der Waals surface area (Å²) in [6, 6.07) is 5.26. The zero-order valence-corrected chi connectivity index (χ0v) is 26.0. The number of pyridine rings is 1. The lowest BCUT2D eigenvalue weighted by molar-refractivity contribution is -0.123. The van der Waals surface area contributed by atoms with Crippen LogP contribution in [0.25, 0.3) is 0 Å². The monoisotopic (exact) mass is 688 g/mol. The summed E-state index contributed by atoms with van der Waals surface area (Å²) < 4.78 is 73.1. The molecule has 0 unspecified atom stereocenters. The van der Waals surface area contributed by atoms with E-state index in [0.717, 1.165) is 17.8 Å². The van der Waals surface area contributed by atoms with E-state index < -0.39 is 71.6 Å². The number of hydrogen-bond donors (Lipinski definition) is 3. The molecule has 3 N–H and O–H groups in total. The first-order valence-corrected chi connectivity index (χ1v) is 14.8. The van der Waals surface area contributed by atoms with Gasteiger partial charge >= 0.3 is 6.03 Å². The molecule has 0 fully saturated rings. The molecular formula is C31H26ClF5N8O3. The molecule has 2 aliphatic rings. The molecule has 1 atom stereocenters. The summed E-state index contributed by atoms with van der Waals surface area (Å²) in [7, 11) is 3.79. The lowest BCUT2D eigenvalue weighted by Gasteiger charge is -2.28. The van der Waals surface area contributed by atoms with Crippen molar-refractivity contribution in [2.75, 3.05) is 30.9 Å². The maximum absolute atomic E-state index is 14.8. The molecule has 6 rings (SSSR count). The molecule has 0 saturated heterocycles. The van der Waals surface area contributed by atoms with Gasteiger partial charge in [0.25, 0.3) is 11.8 Å². The number of nitrogens with zero attached hydrogens (tertiary/aromatic N) is 5. The maximum atomic E-state index is 14.8. The van der Waals surface area contributed by atoms with E-state index in [-0.39, 0.29) is 34.5 Å². The van der Waals surface area contributed by atoms with Crippen molar-refractivity contribution >= 4 is 41.0 Å². The number of rotatable bonds is 7. The van der Waals surface area contributed by atoms with Gasteiger partial charge in [0.2, 0.25) is 11.7 Å². The molecule has 0 spiro atoms. The number of carbonyl (C=O) groups excluding carboxylic acids is 3. The van der Waals surface area contributed by atoms with Crippen molar-refractivity contribution < 1.29 is 36.3 Å². The number of amides is 4. The van der Waals surface area contributed by atoms with Gasteiger partial charge in [-0.15, -0.1) is 0 Å². The van der Waals surface area contributed by atoms with E-state index >= 15 is 0 Å². The Morgan fingerprint density at radius 1 is 1.10 bits per heavy atom. The SMILES string of the molecule is CN(C)Cc1ccc(CNC(=O)c2nc(NC(=O)N3CC(F)(F)c4cc(F)c(F)cc43)c3n2CC(=O)N[C@H]3c2cc(F)ccc2Cl)cn1. The maximum Gasteiger partial charge on any atom is 0.327 e. The first kappa shape index (κ1) is 32.8. The summed E-state index contributed by atoms with van der Waals surface area (Å²) in [5.41, 5.74) is -0.00366. The van der Waals surface area contributed by atoms with Crippen molar-refractivity contribution in [3.63, 3.8) is 0 Å². The number of hydrogen-bond acceptors (Lipinski definition) is 6. The van der Waals surface area contributed by atoms with Gasteiger partial charge in [0.1, 0.15) is 12.4 Å². The Balaban J connectivity index is 1.36. The highest BCUT2D eigenvalue weighted by Crippen LogP contribution is 2.44. The summed E-state index contributed by atoms with van der Waals surface area (Å²) in [4.78, 5) is 51.0. The number of nitrogens with one attached hydrogen (secondary N) is 3. The molecule has 2 aromatic heterocycles. The van der Waals surface area contributed by atoms with Crippen LogP contribution in [0.1, 0.15) is 44.7 Å². The van der Waals surface area contributed by atoms with E-state index in [0.29, 0.717) is 29.1 Å². The Morgan fingerprint density at radius 3 is 2.56 bits per heavy atom. The minimum atomic E-state index is -3.72. The van der Waals surface area contributed by atoms with Gasteiger partial charge in [-0.05, 0) is 50.0 Å². The molecule has 11 nitrogen and oxygen atoms in total. The molecule has 0 aliphatic carbocycles. The van der Waals surface area contributed by atoms with Crippen LogP contribution in [0, 0.1) is 17.5 Å². The molecule has 4 heterocycles. The quantitative estimate of drug-likeness (QED) is 0.242. The number of halogens is 6. The summed E-state index contributed by atoms with van der Waals surface area (Å²) >= 11 is 6.37. The standard InChI is InChI=1S/C31H26ClF5N8O3/c1-43(2)12-17-5-3-15(10-38-17)11-39-29(47)28-41-27(26-25(40-24(46)13-44(26)28)18-7-16(33)4-6-20(18)32)42-30(48)45-14-31(36,37)19-8-21(34)22(35)9-23(19)45/h3-10,25H,11-14H2,1-2H3,(H,39,47)(H,40,46)(H,42,48)/t25-/m0/s1. The number of aromatic nitrogens is 3. The zero-order valence-electron chi connectivity index (χ0n) is 25.3. The van der Waals surface area contributed by atoms with Crippen molar-refractivity contribution in [1.82, 2.24) is 30.1 Å². The van der Waals surface area contributed by atoms with Gasteiger partial charge in [-0.3, -0.25) is 24.8 Å². The van der Waals surface area contributed by atoms with Crippen LogP contribution in [-0.2, 0) is 30.4 Å². The molecule has 4 amide bonds. The number of alkyl halides is 2. The van der Waals surface area contributed by atoms with Gasteiger partial charge in [0.05, 0.1) is 29.7 Å². The third kappa shape index (κ3) is 6.27. The summed E-state index contributed by atoms with van der Waals surface area (Å²) in [5, 5.41) is 7.71. The van der Waals surface area contributed by atoms with Crippen molar-refractivity contribution in [1.29, 1.82) is 0 Å². The molecule has 250 valence electrons. The normalized spacial score (nSPS) is 16.4. The topological polar surface area (TPSA) is 124 Å². The number of urea groups is 1. The second kappa shape index (κ2) is 12.5. The van der Waals surface area contributed by atoms with Crippen LogP contribution in [0.4, 0.5) is 38.3 Å². The highest BCUT2D eigenvalue weighted by atomic mass is 35.5. The van der Waals surface area contributed by atoms with Crippen molar-refractivity contribution in [3.05, 3.63) is 105 Å². The zero-order chi connectivity index (χ0) is 34.5. The highest BCUT2D eigenvalue weighted by Gasteiger charge is 2.47. The largest absolute Gasteiger partial charge is 0.345 e. The predicted octanol–water partition coefficient (Wildman–Crippen LogP) is 4.70. The van der Waals surface area contributed by atoms with Gasteiger partial charge < -0.3 is 20.1 Å². The highest BCUT2D eigenvalue weighted by molar-refractivity contribution is 6.31. The Morgan fingerprint density at radius 2 is 1.85 bits per heavy atom. The second-order valence-electron chi connectivity index (χ2n) is 11.5. The third-order valence-corrected chi connectivity index (χ3v) is 8.07. The molecular weight excluding hydrogens is 663 g/mol. The number of fused-ring (bicyclic) bond motifs is 2. The fourth-order valence-corrected chi connectivity index (χ4v) is 5.80. The fraction of sp³-hybridized carbons (Fsp3) is 0.258. The van der Waals surface area contributed by atoms with Crippen LogP contribution in [-0.4, -0.2) is 57.9 Å². The van der Waals surface area contributed by atoms with Gasteiger partial charge in [-0.1, -0.05) is 17.7 Å². The number of carbonyl (C=O) groups is 3. The van der Waals surface area contributed by atoms with Crippen molar-refractivity contribution in [2.24, 2.45) is 0 Å². The molecule has 0 bridgehead atoms. The van der Waals surface area contributed by atoms with E-state index in [1.165, 1.54) is 10.6 Å². The predicted molar refractivity (Wildman–Crippen MR) is 163 cm³/mol. The third-order valence-electron chi connectivity index (χ3n) is 7.73. The van der Waals surface area contributed by atoms with E-state index in [1.807, 2.05) is 19.0 Å². The lowest BCUT2D eigenvalue weighted by Crippen LogP contribution is -2.41. The van der Waals surface area contributed by atoms with Crippen LogP contribution in [0.2, 0.25) is 5.02 Å². The van der Waals surface area contributed by atoms with Crippen LogP contribution < -0.4 is 20.9 Å². The van der Waals surface area contributed by atoms with Crippen LogP contribution in [0.3, 0.4) is 0 Å². The average Bonchev–Trinajstić information content (AvgIpc) is 3.51. The first-order chi connectivity index (χ1) is 22.7. The van der Waals surface area contributed by atoms with E-state index in [2.05, 4.69) is 25.9 Å². The van der Waals surface area contributed by atoms with Crippen molar-refractivity contribution in [3.8, 4) is 0 Å². The smallest absolute Gasteiger partial charge is 0.327 e. The molecule has 2 aromatic carbocycles. The number of anilines is 2. The van der Waals surface area contributed by atoms with Crippen LogP contribution in [0.15, 0.2) is 48.7 Å².